The van der Waals surface area contributed by atoms with Crippen molar-refractivity contribution >= 4 is 138 Å². The van der Waals surface area contributed by atoms with Crippen LogP contribution >= 0.6 is 69.4 Å². The number of halogens is 3. The van der Waals surface area contributed by atoms with E-state index in [1.54, 1.807) is 48.8 Å². The minimum absolute atomic E-state index is 0. The van der Waals surface area contributed by atoms with E-state index in [4.69, 9.17) is 51.6 Å². The number of esters is 4. The van der Waals surface area contributed by atoms with Crippen molar-refractivity contribution < 1.29 is 107 Å². The molecule has 2 radical (unpaired) electrons. The largest absolute Gasteiger partial charge is 0.461 e. The number of carbonyl (C=O) groups excluding carboxylic acids is 5. The average molecular weight is 1810 g/mol. The molecule has 0 aromatic rings. The first kappa shape index (κ1) is 88.9. The van der Waals surface area contributed by atoms with Crippen LogP contribution in [0.2, 0.25) is 22.9 Å². The van der Waals surface area contributed by atoms with Gasteiger partial charge in [0.2, 0.25) is 0 Å². The summed E-state index contributed by atoms with van der Waals surface area (Å²) >= 11 is 10.9. The first-order chi connectivity index (χ1) is 41.8. The van der Waals surface area contributed by atoms with E-state index in [2.05, 4.69) is 99.3 Å². The third-order valence-corrected chi connectivity index (χ3v) is 28.6. The van der Waals surface area contributed by atoms with E-state index in [-0.39, 0.29) is 152 Å². The molecule has 4 heterocycles. The molecule has 0 saturated carbocycles. The van der Waals surface area contributed by atoms with E-state index in [1.807, 2.05) is 106 Å². The summed E-state index contributed by atoms with van der Waals surface area (Å²) in [5.74, 6) is -2.62. The molecule has 27 heteroatoms. The first-order valence-corrected chi connectivity index (χ1v) is 43.0. The molecule has 510 valence electrons. The van der Waals surface area contributed by atoms with Crippen molar-refractivity contribution in [2.24, 2.45) is 71.0 Å². The Hall–Kier alpha value is 0.939. The Bertz CT molecular complexity index is 2230. The second kappa shape index (κ2) is 48.6. The summed E-state index contributed by atoms with van der Waals surface area (Å²) in [6, 6.07) is 0. The van der Waals surface area contributed by atoms with Crippen LogP contribution < -0.4 is 0 Å². The molecule has 0 aliphatic carbocycles. The van der Waals surface area contributed by atoms with Crippen molar-refractivity contribution in [2.75, 3.05) is 14.2 Å². The van der Waals surface area contributed by atoms with Gasteiger partial charge in [-0.15, -0.1) is 0 Å². The molecular formula is C61H113B2ClI2O16P2S2SiU. The number of aliphatic hydroxyl groups excluding tert-OH is 3. The standard InChI is InChI=1S/C12H20IO3PS.C12H22O4.C12H20O3.C10H16IO4PS.C9H21ClSi.C6H13BO2.BH.U/c1-5-6-7(2)10-8(3)11(16-18(13)17)9(4)12(14)15-10;1-6(5-7(2)13)11-8(3)10(14)9(4)12(15)16-11;1-5-6-7(2)11-8(3)10(13)9(4)12(14)15-11;1-5(4-12)8-6(2)9(15-17(11)16)7(3)10(13)14-8;1-7(2)11(10,8(3)4)9(5)6;1-4-5-6-7(8-2)9-3;;/h5-11,17H,1-4H3;6-11,13-14H,5H2,1-4H3;5-11,13H,1-4H3;4-9,16H,1-3H3;7-9H,1-6H3;4-5H,6H2,1-3H3;1H;/b6-5+;;6-5+;;;5-4+;;/t7-,8+,9+,10-,11-,18?;6-,7+,8-,9+,10-,11-;7-,8-,9+,10-,11-;5-,6+,7+,8-,9-,17?;;;;/m0000..../s1/i17T;;;16T;;;1D;. The van der Waals surface area contributed by atoms with E-state index in [0.29, 0.717) is 39.0 Å². The number of hydrogen-bond acceptors (Lipinski definition) is 16. The maximum absolute atomic E-state index is 12.0. The summed E-state index contributed by atoms with van der Waals surface area (Å²) in [6.45, 7) is 43.7. The van der Waals surface area contributed by atoms with Crippen molar-refractivity contribution in [1.29, 1.82) is 3.89 Å². The summed E-state index contributed by atoms with van der Waals surface area (Å²) in [4.78, 5) is 57.6. The molecule has 0 bridgehead atoms. The van der Waals surface area contributed by atoms with Crippen LogP contribution in [0.3, 0.4) is 0 Å². The molecule has 23 atom stereocenters. The van der Waals surface area contributed by atoms with Crippen molar-refractivity contribution in [2.45, 2.75) is 237 Å². The van der Waals surface area contributed by atoms with Gasteiger partial charge in [0.05, 0.1) is 54.2 Å². The molecule has 4 saturated heterocycles. The molecule has 4 aliphatic rings. The van der Waals surface area contributed by atoms with Gasteiger partial charge in [0.1, 0.15) is 33.3 Å². The van der Waals surface area contributed by atoms with Crippen molar-refractivity contribution in [1.82, 2.24) is 0 Å². The third kappa shape index (κ3) is 31.4. The topological polar surface area (TPSA) is 220 Å². The van der Waals surface area contributed by atoms with Gasteiger partial charge in [0.15, 0.2) is 7.38 Å². The molecule has 0 spiro atoms. The van der Waals surface area contributed by atoms with Gasteiger partial charge < -0.3 is 56.7 Å². The van der Waals surface area contributed by atoms with Crippen LogP contribution in [-0.2, 0) is 75.6 Å². The quantitative estimate of drug-likeness (QED) is 0.0151. The Kier molecular flexibility index (Phi) is 49.1. The molecule has 16 nitrogen and oxygen atoms in total. The number of allylic oxidation sites excluding steroid dienone is 4. The number of cyclic esters (lactones) is 4. The number of aldehydes is 1. The number of carbonyl (C=O) groups is 5. The smallest absolute Gasteiger partial charge is 0.460 e. The summed E-state index contributed by atoms with van der Waals surface area (Å²) < 4.78 is 62.9. The van der Waals surface area contributed by atoms with E-state index in [9.17, 15) is 39.3 Å². The monoisotopic (exact) mass is 1810 g/mol. The van der Waals surface area contributed by atoms with Crippen molar-refractivity contribution in [3.8, 4) is 0 Å². The summed E-state index contributed by atoms with van der Waals surface area (Å²) in [5, 5.41) is 29.1. The SMILES string of the molecule is C/C=C/CB(OC)OC.C/C=C/[C@H](C)[C@@H]1OC(=O)[C@H](C)[C@@H](O)[C@@H]1C.CC(C)[Si](Cl)(C(C)C)C(C)C.C[C@H]1[C@H](O)[C@@H](C)C(=O)O[C@H]1[C@@H](C)C[C@@H](C)O.[2H][B].[3H]P=S(I)O[C@H]1[C@H](C)[C@H]([C@@H](C)/C=C/C)OC(=O)[C@@H]1C.[3H]P=S(I)O[C@H]1[C@H](C)[C@H]([C@@H](C)C=O)OC(=O)[C@@H]1C.[U]. The summed E-state index contributed by atoms with van der Waals surface area (Å²) in [6.07, 6.45) is 10.9. The Morgan fingerprint density at radius 2 is 0.943 bits per heavy atom. The zero-order valence-electron chi connectivity index (χ0n) is 60.0. The Morgan fingerprint density at radius 3 is 1.23 bits per heavy atom. The Labute approximate surface area is 601 Å². The van der Waals surface area contributed by atoms with Gasteiger partial charge in [0, 0.05) is 159 Å². The fraction of sp³-hybridized carbons (Fsp3) is 0.820. The summed E-state index contributed by atoms with van der Waals surface area (Å²) in [7, 11) is 5.26. The van der Waals surface area contributed by atoms with Crippen molar-refractivity contribution in [3.63, 3.8) is 0 Å². The molecule has 2 unspecified atom stereocenters. The second-order valence-corrected chi connectivity index (χ2v) is 43.8. The van der Waals surface area contributed by atoms with Crippen molar-refractivity contribution in [3.05, 3.63) is 36.5 Å². The van der Waals surface area contributed by atoms with E-state index in [0.717, 1.165) is 12.6 Å². The number of rotatable bonds is 20. The van der Waals surface area contributed by atoms with Crippen LogP contribution in [0.4, 0.5) is 0 Å². The van der Waals surface area contributed by atoms with Gasteiger partial charge in [-0.3, -0.25) is 19.2 Å². The fourth-order valence-corrected chi connectivity index (χ4v) is 18.6. The van der Waals surface area contributed by atoms with Crippen LogP contribution in [0.25, 0.3) is 0 Å². The molecule has 4 rings (SSSR count). The van der Waals surface area contributed by atoms with Crippen LogP contribution in [0.15, 0.2) is 36.5 Å². The molecule has 0 aromatic carbocycles. The Balaban J connectivity index is -0.000000502. The van der Waals surface area contributed by atoms with Gasteiger partial charge in [-0.25, -0.2) is 0 Å². The second-order valence-electron chi connectivity index (χ2n) is 24.5. The van der Waals surface area contributed by atoms with Gasteiger partial charge >= 0.3 is 31.0 Å². The molecule has 88 heavy (non-hydrogen) atoms. The van der Waals surface area contributed by atoms with E-state index in [1.165, 1.54) is 0 Å². The average Bonchev–Trinajstić information content (AvgIpc) is 0.958. The van der Waals surface area contributed by atoms with Gasteiger partial charge in [-0.2, -0.15) is 11.1 Å². The first-order valence-electron chi connectivity index (χ1n) is 31.7. The predicted molar refractivity (Wildman–Crippen MR) is 386 cm³/mol. The van der Waals surface area contributed by atoms with Gasteiger partial charge in [-0.1, -0.05) is 149 Å². The minimum atomic E-state index is -1.51. The van der Waals surface area contributed by atoms with Crippen LogP contribution in [-0.4, -0.2) is 141 Å². The predicted octanol–water partition coefficient (Wildman–Crippen LogP) is 13.9. The molecular weight excluding hydrogens is 1690 g/mol. The normalized spacial score (nSPS) is 31.6. The zero-order chi connectivity index (χ0) is 70.8. The van der Waals surface area contributed by atoms with E-state index >= 15 is 0 Å². The molecule has 4 aliphatic heterocycles. The third-order valence-electron chi connectivity index (χ3n) is 16.9. The van der Waals surface area contributed by atoms with Crippen LogP contribution in [0.5, 0.6) is 0 Å². The molecule has 4 fully saturated rings. The Morgan fingerprint density at radius 1 is 0.625 bits per heavy atom. The van der Waals surface area contributed by atoms with Gasteiger partial charge in [0.25, 0.3) is 0 Å². The molecule has 0 amide bonds. The van der Waals surface area contributed by atoms with Crippen LogP contribution in [0, 0.1) is 102 Å². The zero-order valence-corrected chi connectivity index (χ0v) is 70.6. The number of aliphatic hydroxyl groups is 3. The number of hydrogen-bond donors (Lipinski definition) is 3. The molecule has 0 aromatic heterocycles. The number of ether oxygens (including phenoxy) is 4. The molecule has 3 N–H and O–H groups in total. The van der Waals surface area contributed by atoms with Crippen LogP contribution in [0.1, 0.15) is 159 Å². The summed E-state index contributed by atoms with van der Waals surface area (Å²) in [5.41, 5.74) is 2.05. The minimum Gasteiger partial charge on any atom is -0.461 e. The van der Waals surface area contributed by atoms with E-state index < -0.39 is 58.7 Å². The maximum atomic E-state index is 12.0. The van der Waals surface area contributed by atoms with Gasteiger partial charge in [-0.05, 0) is 85.7 Å². The fourth-order valence-electron chi connectivity index (χ4n) is 11.6. The maximum Gasteiger partial charge on any atom is 0.460 e.